The van der Waals surface area contributed by atoms with Crippen LogP contribution in [-0.4, -0.2) is 33.1 Å². The molecule has 0 atom stereocenters. The molecule has 0 fully saturated rings. The van der Waals surface area contributed by atoms with Crippen LogP contribution in [0, 0.1) is 5.82 Å². The smallest absolute Gasteiger partial charge is 0.352 e. The van der Waals surface area contributed by atoms with Crippen LogP contribution in [0.4, 0.5) is 4.39 Å². The molecule has 3 heterocycles. The Kier molecular flexibility index (Phi) is 4.55. The number of carboxylic acid groups (broad SMARTS) is 1. The summed E-state index contributed by atoms with van der Waals surface area (Å²) in [5.74, 6) is -0.981. The monoisotopic (exact) mass is 431 g/mol. The van der Waals surface area contributed by atoms with Crippen molar-refractivity contribution >= 4 is 27.8 Å². The van der Waals surface area contributed by atoms with Gasteiger partial charge in [0.2, 0.25) is 0 Å². The van der Waals surface area contributed by atoms with E-state index in [-0.39, 0.29) is 11.6 Å². The van der Waals surface area contributed by atoms with Gasteiger partial charge in [0.1, 0.15) is 17.3 Å². The number of nitrogens with one attached hydrogen (secondary N) is 3. The van der Waals surface area contributed by atoms with Crippen LogP contribution in [0.2, 0.25) is 0 Å². The highest BCUT2D eigenvalue weighted by atomic mass is 19.1. The number of carboxylic acids is 1. The van der Waals surface area contributed by atoms with Gasteiger partial charge in [-0.05, 0) is 47.9 Å². The van der Waals surface area contributed by atoms with Gasteiger partial charge in [0, 0.05) is 50.9 Å². The summed E-state index contributed by atoms with van der Waals surface area (Å²) in [6.07, 6.45) is 3.56. The van der Waals surface area contributed by atoms with Gasteiger partial charge in [-0.25, -0.2) is 9.18 Å². The van der Waals surface area contributed by atoms with E-state index in [0.29, 0.717) is 33.7 Å². The Morgan fingerprint density at radius 3 is 2.41 bits per heavy atom. The van der Waals surface area contributed by atoms with Crippen molar-refractivity contribution in [3.63, 3.8) is 0 Å². The summed E-state index contributed by atoms with van der Waals surface area (Å²) >= 11 is 0. The zero-order valence-electron chi connectivity index (χ0n) is 17.8. The highest BCUT2D eigenvalue weighted by Crippen LogP contribution is 2.47. The highest BCUT2D eigenvalue weighted by molar-refractivity contribution is 6.08. The van der Waals surface area contributed by atoms with Crippen molar-refractivity contribution in [2.45, 2.75) is 19.8 Å². The lowest BCUT2D eigenvalue weighted by atomic mass is 9.88. The molecule has 4 N–H and O–H groups in total. The van der Waals surface area contributed by atoms with Crippen LogP contribution in [0.25, 0.3) is 44.2 Å². The van der Waals surface area contributed by atoms with Crippen LogP contribution in [0.1, 0.15) is 35.8 Å². The van der Waals surface area contributed by atoms with Gasteiger partial charge in [0.15, 0.2) is 0 Å². The lowest BCUT2D eigenvalue weighted by Gasteiger charge is -2.16. The molecule has 162 valence electrons. The van der Waals surface area contributed by atoms with E-state index in [9.17, 15) is 14.3 Å². The number of aromatic amines is 3. The SMILES string of the molecule is COc1ccc2[nH]ccc2c1-c1c(C(=O)O)[nH]c(-c2cc(F)cc3[nH]ccc23)c1C(C)C. The molecule has 0 amide bonds. The Hall–Kier alpha value is -4.00. The molecule has 0 saturated heterocycles. The molecular formula is C25H22FN3O3. The van der Waals surface area contributed by atoms with Gasteiger partial charge in [-0.3, -0.25) is 0 Å². The molecule has 5 aromatic rings. The molecule has 0 spiro atoms. The number of ether oxygens (including phenoxy) is 1. The van der Waals surface area contributed by atoms with Gasteiger partial charge in [-0.15, -0.1) is 0 Å². The third-order valence-electron chi connectivity index (χ3n) is 5.90. The first-order valence-corrected chi connectivity index (χ1v) is 10.3. The summed E-state index contributed by atoms with van der Waals surface area (Å²) < 4.78 is 20.1. The predicted octanol–water partition coefficient (Wildman–Crippen LogP) is 6.28. The second-order valence-electron chi connectivity index (χ2n) is 8.10. The minimum atomic E-state index is -1.09. The molecule has 0 bridgehead atoms. The lowest BCUT2D eigenvalue weighted by Crippen LogP contribution is -2.01. The van der Waals surface area contributed by atoms with Crippen molar-refractivity contribution in [2.75, 3.05) is 7.11 Å². The number of benzene rings is 2. The molecule has 2 aromatic carbocycles. The van der Waals surface area contributed by atoms with Crippen molar-refractivity contribution in [1.82, 2.24) is 15.0 Å². The second kappa shape index (κ2) is 7.30. The Labute approximate surface area is 183 Å². The van der Waals surface area contributed by atoms with Crippen LogP contribution in [-0.2, 0) is 0 Å². The maximum absolute atomic E-state index is 14.5. The first kappa shape index (κ1) is 19.9. The predicted molar refractivity (Wildman–Crippen MR) is 123 cm³/mol. The molecule has 5 rings (SSSR count). The third kappa shape index (κ3) is 2.89. The van der Waals surface area contributed by atoms with Crippen LogP contribution < -0.4 is 4.74 Å². The highest BCUT2D eigenvalue weighted by Gasteiger charge is 2.29. The van der Waals surface area contributed by atoms with Gasteiger partial charge in [-0.2, -0.15) is 0 Å². The molecule has 6 nitrogen and oxygen atoms in total. The maximum Gasteiger partial charge on any atom is 0.352 e. The zero-order valence-corrected chi connectivity index (χ0v) is 17.8. The number of aromatic carboxylic acids is 1. The van der Waals surface area contributed by atoms with E-state index in [1.807, 2.05) is 44.3 Å². The molecule has 7 heteroatoms. The normalized spacial score (nSPS) is 11.7. The molecule has 0 aliphatic rings. The summed E-state index contributed by atoms with van der Waals surface area (Å²) in [5, 5.41) is 11.8. The van der Waals surface area contributed by atoms with Crippen LogP contribution in [0.5, 0.6) is 5.75 Å². The van der Waals surface area contributed by atoms with Crippen LogP contribution >= 0.6 is 0 Å². The van der Waals surface area contributed by atoms with E-state index < -0.39 is 11.8 Å². The molecule has 0 saturated carbocycles. The minimum absolute atomic E-state index is 0.0450. The average Bonchev–Trinajstić information content (AvgIpc) is 3.49. The van der Waals surface area contributed by atoms with Crippen molar-refractivity contribution < 1.29 is 19.0 Å². The number of aromatic nitrogens is 3. The first-order valence-electron chi connectivity index (χ1n) is 10.3. The molecule has 3 aromatic heterocycles. The summed E-state index contributed by atoms with van der Waals surface area (Å²) in [4.78, 5) is 21.7. The Morgan fingerprint density at radius 1 is 1.00 bits per heavy atom. The third-order valence-corrected chi connectivity index (χ3v) is 5.90. The molecule has 0 radical (unpaired) electrons. The van der Waals surface area contributed by atoms with E-state index in [1.165, 1.54) is 12.1 Å². The Balaban J connectivity index is 1.94. The van der Waals surface area contributed by atoms with Gasteiger partial charge in [0.05, 0.1) is 12.8 Å². The van der Waals surface area contributed by atoms with E-state index in [1.54, 1.807) is 13.3 Å². The molecule has 0 aliphatic heterocycles. The maximum atomic E-state index is 14.5. The number of fused-ring (bicyclic) bond motifs is 2. The van der Waals surface area contributed by atoms with E-state index in [2.05, 4.69) is 15.0 Å². The molecular weight excluding hydrogens is 409 g/mol. The van der Waals surface area contributed by atoms with Crippen molar-refractivity contribution in [3.8, 4) is 28.1 Å². The molecule has 0 unspecified atom stereocenters. The topological polar surface area (TPSA) is 93.9 Å². The van der Waals surface area contributed by atoms with Crippen molar-refractivity contribution in [3.05, 3.63) is 65.9 Å². The number of carbonyl (C=O) groups is 1. The quantitative estimate of drug-likeness (QED) is 0.264. The number of halogens is 1. The van der Waals surface area contributed by atoms with E-state index in [0.717, 1.165) is 21.9 Å². The van der Waals surface area contributed by atoms with E-state index >= 15 is 0 Å². The summed E-state index contributed by atoms with van der Waals surface area (Å²) in [6, 6.07) is 10.4. The first-order chi connectivity index (χ1) is 15.4. The zero-order chi connectivity index (χ0) is 22.6. The Morgan fingerprint density at radius 2 is 1.72 bits per heavy atom. The number of methoxy groups -OCH3 is 1. The fourth-order valence-electron chi connectivity index (χ4n) is 4.60. The fraction of sp³-hybridized carbons (Fsp3) is 0.160. The van der Waals surface area contributed by atoms with Crippen LogP contribution in [0.3, 0.4) is 0 Å². The lowest BCUT2D eigenvalue weighted by molar-refractivity contribution is 0.0692. The second-order valence-corrected chi connectivity index (χ2v) is 8.10. The van der Waals surface area contributed by atoms with Gasteiger partial charge in [0.25, 0.3) is 0 Å². The number of hydrogen-bond donors (Lipinski definition) is 4. The van der Waals surface area contributed by atoms with Gasteiger partial charge < -0.3 is 24.8 Å². The van der Waals surface area contributed by atoms with Gasteiger partial charge >= 0.3 is 5.97 Å². The molecule has 32 heavy (non-hydrogen) atoms. The summed E-state index contributed by atoms with van der Waals surface area (Å²) in [5.41, 5.74) is 4.80. The number of hydrogen-bond acceptors (Lipinski definition) is 2. The van der Waals surface area contributed by atoms with Gasteiger partial charge in [-0.1, -0.05) is 13.8 Å². The summed E-state index contributed by atoms with van der Waals surface area (Å²) in [6.45, 7) is 4.00. The van der Waals surface area contributed by atoms with E-state index in [4.69, 9.17) is 4.74 Å². The summed E-state index contributed by atoms with van der Waals surface area (Å²) in [7, 11) is 1.57. The average molecular weight is 431 g/mol. The minimum Gasteiger partial charge on any atom is -0.496 e. The largest absolute Gasteiger partial charge is 0.496 e. The Bertz CT molecular complexity index is 1490. The van der Waals surface area contributed by atoms with Crippen LogP contribution in [0.15, 0.2) is 48.8 Å². The fourth-order valence-corrected chi connectivity index (χ4v) is 4.60. The van der Waals surface area contributed by atoms with Crippen molar-refractivity contribution in [2.24, 2.45) is 0 Å². The van der Waals surface area contributed by atoms with Crippen molar-refractivity contribution in [1.29, 1.82) is 0 Å². The number of rotatable bonds is 5. The molecule has 0 aliphatic carbocycles. The standard InChI is InChI=1S/C25H22FN3O3/c1-12(2)20-22(21-15-7-9-27-17(15)4-5-19(21)32-3)24(25(30)31)29-23(20)16-10-13(26)11-18-14(16)6-8-28-18/h4-12,27-29H,1-3H3,(H,30,31). The number of H-pyrrole nitrogens is 3.